The lowest BCUT2D eigenvalue weighted by atomic mass is 9.47. The van der Waals surface area contributed by atoms with E-state index in [1.807, 2.05) is 6.92 Å². The highest BCUT2D eigenvalue weighted by molar-refractivity contribution is 5.79. The summed E-state index contributed by atoms with van der Waals surface area (Å²) in [5.41, 5.74) is 2.05. The van der Waals surface area contributed by atoms with Crippen molar-refractivity contribution in [3.05, 3.63) is 11.6 Å². The molecule has 3 heteroatoms. The average Bonchev–Trinajstić information content (AvgIpc) is 3.16. The minimum atomic E-state index is 0.0195. The first-order chi connectivity index (χ1) is 16.3. The Bertz CT molecular complexity index is 769. The molecular weight excluding hydrogens is 420 g/mol. The molecule has 7 atom stereocenters. The zero-order valence-electron chi connectivity index (χ0n) is 22.5. The van der Waals surface area contributed by atoms with Crippen molar-refractivity contribution in [3.8, 4) is 0 Å². The van der Waals surface area contributed by atoms with Crippen molar-refractivity contribution in [2.24, 2.45) is 34.5 Å². The Morgan fingerprint density at radius 2 is 1.68 bits per heavy atom. The number of fused-ring (bicyclic) bond motifs is 5. The van der Waals surface area contributed by atoms with Crippen molar-refractivity contribution >= 4 is 11.8 Å². The number of ketones is 1. The predicted octanol–water partition coefficient (Wildman–Crippen LogP) is 8.21. The van der Waals surface area contributed by atoms with E-state index in [0.717, 1.165) is 50.4 Å². The number of hydrogen-bond acceptors (Lipinski definition) is 3. The largest absolute Gasteiger partial charge is 0.462 e. The van der Waals surface area contributed by atoms with Crippen molar-refractivity contribution in [3.63, 3.8) is 0 Å². The second-order valence-electron chi connectivity index (χ2n) is 12.8. The summed E-state index contributed by atoms with van der Waals surface area (Å²) >= 11 is 0. The van der Waals surface area contributed by atoms with E-state index in [-0.39, 0.29) is 28.8 Å². The van der Waals surface area contributed by atoms with E-state index < -0.39 is 0 Å². The van der Waals surface area contributed by atoms with Gasteiger partial charge in [0.05, 0.1) is 0 Å². The van der Waals surface area contributed by atoms with Gasteiger partial charge < -0.3 is 4.74 Å². The monoisotopic (exact) mass is 470 g/mol. The first-order valence-corrected chi connectivity index (χ1v) is 14.7. The molecule has 0 aromatic carbocycles. The van der Waals surface area contributed by atoms with Crippen LogP contribution in [0, 0.1) is 34.5 Å². The molecule has 34 heavy (non-hydrogen) atoms. The second-order valence-corrected chi connectivity index (χ2v) is 12.8. The molecule has 0 spiro atoms. The van der Waals surface area contributed by atoms with E-state index in [9.17, 15) is 9.59 Å². The fourth-order valence-electron chi connectivity index (χ4n) is 8.87. The third-order valence-corrected chi connectivity index (χ3v) is 10.8. The molecule has 0 radical (unpaired) electrons. The van der Waals surface area contributed by atoms with Crippen LogP contribution in [-0.2, 0) is 14.3 Å². The molecule has 0 amide bonds. The zero-order valence-corrected chi connectivity index (χ0v) is 22.5. The number of allylic oxidation sites excluding steroid dienone is 1. The topological polar surface area (TPSA) is 43.4 Å². The fourth-order valence-corrected chi connectivity index (χ4v) is 8.87. The van der Waals surface area contributed by atoms with Crippen LogP contribution in [0.5, 0.6) is 0 Å². The van der Waals surface area contributed by atoms with Crippen LogP contribution in [-0.4, -0.2) is 17.9 Å². The lowest BCUT2D eigenvalue weighted by Gasteiger charge is -2.58. The van der Waals surface area contributed by atoms with Gasteiger partial charge in [-0.1, -0.05) is 70.9 Å². The molecule has 7 unspecified atom stereocenters. The molecule has 0 aromatic heterocycles. The Morgan fingerprint density at radius 3 is 2.41 bits per heavy atom. The summed E-state index contributed by atoms with van der Waals surface area (Å²) in [6, 6.07) is 0. The molecular formula is C31H50O3. The molecule has 0 saturated heterocycles. The van der Waals surface area contributed by atoms with E-state index in [1.54, 1.807) is 5.57 Å². The fraction of sp³-hybridized carbons (Fsp3) is 0.871. The van der Waals surface area contributed by atoms with Crippen LogP contribution >= 0.6 is 0 Å². The maximum Gasteiger partial charge on any atom is 0.306 e. The highest BCUT2D eigenvalue weighted by atomic mass is 16.5. The zero-order chi connectivity index (χ0) is 24.3. The maximum atomic E-state index is 12.5. The van der Waals surface area contributed by atoms with Crippen LogP contribution in [0.4, 0.5) is 0 Å². The lowest BCUT2D eigenvalue weighted by Crippen LogP contribution is -2.51. The molecule has 3 nitrogen and oxygen atoms in total. The Labute approximate surface area is 208 Å². The molecule has 4 rings (SSSR count). The quantitative estimate of drug-likeness (QED) is 0.183. The molecule has 4 aliphatic rings. The number of unbranched alkanes of at least 4 members (excludes halogenated alkanes) is 6. The standard InChI is InChI=1S/C31H50O3/c1-5-6-7-8-9-10-11-12-29(33)34-24-17-19-30(3)23(21-24)13-14-25-27-16-15-26(22(2)32)31(27,4)20-18-28(25)30/h13,24-28H,5-12,14-21H2,1-4H3. The third kappa shape index (κ3) is 5.05. The predicted molar refractivity (Wildman–Crippen MR) is 138 cm³/mol. The highest BCUT2D eigenvalue weighted by Gasteiger charge is 2.59. The summed E-state index contributed by atoms with van der Waals surface area (Å²) in [4.78, 5) is 24.9. The first-order valence-electron chi connectivity index (χ1n) is 14.7. The Balaban J connectivity index is 1.30. The van der Waals surface area contributed by atoms with E-state index in [2.05, 4.69) is 26.8 Å². The molecule has 4 aliphatic carbocycles. The number of esters is 1. The van der Waals surface area contributed by atoms with Gasteiger partial charge in [0.15, 0.2) is 0 Å². The van der Waals surface area contributed by atoms with E-state index >= 15 is 0 Å². The molecule has 0 aliphatic heterocycles. The van der Waals surface area contributed by atoms with Crippen LogP contribution < -0.4 is 0 Å². The summed E-state index contributed by atoms with van der Waals surface area (Å²) in [7, 11) is 0. The van der Waals surface area contributed by atoms with Crippen molar-refractivity contribution in [1.29, 1.82) is 0 Å². The van der Waals surface area contributed by atoms with Gasteiger partial charge in [-0.3, -0.25) is 9.59 Å². The van der Waals surface area contributed by atoms with E-state index in [4.69, 9.17) is 4.74 Å². The molecule has 192 valence electrons. The minimum Gasteiger partial charge on any atom is -0.462 e. The van der Waals surface area contributed by atoms with E-state index in [1.165, 1.54) is 57.8 Å². The number of carbonyl (C=O) groups excluding carboxylic acids is 2. The van der Waals surface area contributed by atoms with Gasteiger partial charge in [-0.2, -0.15) is 0 Å². The van der Waals surface area contributed by atoms with Crippen molar-refractivity contribution in [2.45, 2.75) is 137 Å². The summed E-state index contributed by atoms with van der Waals surface area (Å²) < 4.78 is 5.98. The van der Waals surface area contributed by atoms with Crippen molar-refractivity contribution < 1.29 is 14.3 Å². The number of Topliss-reactive ketones (excluding diaryl/α,β-unsaturated/α-hetero) is 1. The van der Waals surface area contributed by atoms with Gasteiger partial charge in [0.1, 0.15) is 11.9 Å². The van der Waals surface area contributed by atoms with Crippen LogP contribution in [0.1, 0.15) is 130 Å². The average molecular weight is 471 g/mol. The molecule has 0 N–H and O–H groups in total. The van der Waals surface area contributed by atoms with Gasteiger partial charge in [0.2, 0.25) is 0 Å². The number of carbonyl (C=O) groups is 2. The van der Waals surface area contributed by atoms with Crippen LogP contribution in [0.25, 0.3) is 0 Å². The smallest absolute Gasteiger partial charge is 0.306 e. The summed E-state index contributed by atoms with van der Waals surface area (Å²) in [5, 5.41) is 0. The number of hydrogen-bond donors (Lipinski definition) is 0. The van der Waals surface area contributed by atoms with Gasteiger partial charge in [-0.05, 0) is 86.9 Å². The van der Waals surface area contributed by atoms with Crippen molar-refractivity contribution in [1.82, 2.24) is 0 Å². The molecule has 0 bridgehead atoms. The normalized spacial score (nSPS) is 38.9. The van der Waals surface area contributed by atoms with Gasteiger partial charge >= 0.3 is 5.97 Å². The van der Waals surface area contributed by atoms with E-state index in [0.29, 0.717) is 18.1 Å². The van der Waals surface area contributed by atoms with Gasteiger partial charge in [-0.25, -0.2) is 0 Å². The second kappa shape index (κ2) is 10.9. The first kappa shape index (κ1) is 26.0. The van der Waals surface area contributed by atoms with Crippen LogP contribution in [0.2, 0.25) is 0 Å². The number of ether oxygens (including phenoxy) is 1. The summed E-state index contributed by atoms with van der Waals surface area (Å²) in [5.74, 6) is 2.89. The van der Waals surface area contributed by atoms with Crippen LogP contribution in [0.15, 0.2) is 11.6 Å². The molecule has 3 saturated carbocycles. The summed E-state index contributed by atoms with van der Waals surface area (Å²) in [6.45, 7) is 9.00. The third-order valence-electron chi connectivity index (χ3n) is 10.8. The SMILES string of the molecule is CCCCCCCCCC(=O)OC1CCC2(C)C(=CCC3C2CCC2(C)C(C(C)=O)CCC32)C1. The Kier molecular flexibility index (Phi) is 8.30. The van der Waals surface area contributed by atoms with Gasteiger partial charge in [0.25, 0.3) is 0 Å². The Hall–Kier alpha value is -1.12. The summed E-state index contributed by atoms with van der Waals surface area (Å²) in [6.07, 6.45) is 20.9. The minimum absolute atomic E-state index is 0.0195. The van der Waals surface area contributed by atoms with Gasteiger partial charge in [0, 0.05) is 18.8 Å². The van der Waals surface area contributed by atoms with Crippen LogP contribution in [0.3, 0.4) is 0 Å². The van der Waals surface area contributed by atoms with Crippen molar-refractivity contribution in [2.75, 3.05) is 0 Å². The Morgan fingerprint density at radius 1 is 0.941 bits per heavy atom. The molecule has 0 aromatic rings. The maximum absolute atomic E-state index is 12.5. The molecule has 0 heterocycles. The highest BCUT2D eigenvalue weighted by Crippen LogP contribution is 2.66. The number of rotatable bonds is 10. The van der Waals surface area contributed by atoms with Gasteiger partial charge in [-0.15, -0.1) is 0 Å². The molecule has 3 fully saturated rings. The lowest BCUT2D eigenvalue weighted by molar-refractivity contribution is -0.151.